The van der Waals surface area contributed by atoms with E-state index >= 15 is 0 Å². The number of unbranched alkanes of at least 4 members (excludes halogenated alkanes) is 14. The maximum atomic E-state index is 11.6. The van der Waals surface area contributed by atoms with E-state index in [-0.39, 0.29) is 30.4 Å². The smallest absolute Gasteiger partial charge is 0.334 e. The van der Waals surface area contributed by atoms with Gasteiger partial charge in [0.25, 0.3) is 0 Å². The van der Waals surface area contributed by atoms with Crippen molar-refractivity contribution < 1.29 is 29.6 Å². The minimum Gasteiger partial charge on any atom is -0.455 e. The number of carbonyl (C=O) groups is 1. The summed E-state index contributed by atoms with van der Waals surface area (Å²) < 4.78 is 11.2. The first-order valence-electron chi connectivity index (χ1n) is 18.2. The van der Waals surface area contributed by atoms with Crippen LogP contribution in [0.2, 0.25) is 0 Å². The Balaban J connectivity index is 1.38. The summed E-state index contributed by atoms with van der Waals surface area (Å²) in [5.74, 6) is -0.232. The predicted molar refractivity (Wildman–Crippen MR) is 176 cm³/mol. The maximum Gasteiger partial charge on any atom is 0.334 e. The fourth-order valence-corrected chi connectivity index (χ4v) is 6.42. The van der Waals surface area contributed by atoms with Gasteiger partial charge < -0.3 is 24.8 Å². The molecule has 1 saturated heterocycles. The Morgan fingerprint density at radius 2 is 1.26 bits per heavy atom. The zero-order valence-corrected chi connectivity index (χ0v) is 27.7. The molecule has 2 heterocycles. The molecule has 0 aromatic heterocycles. The standard InChI is InChI=1S/C37H66O6/c1-3-4-5-6-7-8-9-10-11-14-17-20-23-33(39)35-27-28-36(43-35)34(40)24-21-18-15-12-13-16-19-22-32(38)26-25-31-29-30(2)42-37(31)41/h14,17,29-30,32-36,38-40H,3-13,15-16,18-28H2,1-2H3. The van der Waals surface area contributed by atoms with E-state index in [2.05, 4.69) is 19.1 Å². The highest BCUT2D eigenvalue weighted by Gasteiger charge is 2.33. The molecule has 6 unspecified atom stereocenters. The molecule has 0 aromatic rings. The zero-order valence-electron chi connectivity index (χ0n) is 27.7. The lowest BCUT2D eigenvalue weighted by Gasteiger charge is -2.22. The van der Waals surface area contributed by atoms with Crippen molar-refractivity contribution in [2.24, 2.45) is 0 Å². The van der Waals surface area contributed by atoms with Crippen LogP contribution < -0.4 is 0 Å². The zero-order chi connectivity index (χ0) is 31.1. The predicted octanol–water partition coefficient (Wildman–Crippen LogP) is 8.65. The number of aliphatic hydroxyl groups excluding tert-OH is 3. The molecule has 2 aliphatic rings. The molecule has 0 bridgehead atoms. The fourth-order valence-electron chi connectivity index (χ4n) is 6.42. The van der Waals surface area contributed by atoms with Crippen molar-refractivity contribution in [2.75, 3.05) is 0 Å². The van der Waals surface area contributed by atoms with E-state index in [1.165, 1.54) is 70.6 Å². The van der Waals surface area contributed by atoms with Crippen molar-refractivity contribution in [1.29, 1.82) is 0 Å². The summed E-state index contributed by atoms with van der Waals surface area (Å²) in [6.07, 6.45) is 30.5. The van der Waals surface area contributed by atoms with Crippen molar-refractivity contribution in [2.45, 2.75) is 205 Å². The highest BCUT2D eigenvalue weighted by molar-refractivity contribution is 5.90. The van der Waals surface area contributed by atoms with Gasteiger partial charge in [0.05, 0.1) is 30.5 Å². The number of rotatable bonds is 27. The highest BCUT2D eigenvalue weighted by Crippen LogP contribution is 2.28. The van der Waals surface area contributed by atoms with Crippen LogP contribution in [0.15, 0.2) is 23.8 Å². The molecule has 0 aliphatic carbocycles. The van der Waals surface area contributed by atoms with Gasteiger partial charge in [0.2, 0.25) is 0 Å². The third-order valence-electron chi connectivity index (χ3n) is 9.24. The first kappa shape index (κ1) is 38.0. The number of ether oxygens (including phenoxy) is 2. The second kappa shape index (κ2) is 24.1. The normalized spacial score (nSPS) is 22.7. The van der Waals surface area contributed by atoms with Gasteiger partial charge in [-0.05, 0) is 77.2 Å². The molecule has 3 N–H and O–H groups in total. The van der Waals surface area contributed by atoms with E-state index in [1.54, 1.807) is 0 Å². The summed E-state index contributed by atoms with van der Waals surface area (Å²) in [6, 6.07) is 0. The van der Waals surface area contributed by atoms with E-state index in [0.717, 1.165) is 70.6 Å². The van der Waals surface area contributed by atoms with Crippen LogP contribution in [-0.2, 0) is 14.3 Å². The van der Waals surface area contributed by atoms with Crippen LogP contribution in [0.5, 0.6) is 0 Å². The average molecular weight is 607 g/mol. The van der Waals surface area contributed by atoms with Crippen LogP contribution in [-0.4, -0.2) is 57.9 Å². The Bertz CT molecular complexity index is 764. The van der Waals surface area contributed by atoms with Crippen LogP contribution >= 0.6 is 0 Å². The third-order valence-corrected chi connectivity index (χ3v) is 9.24. The summed E-state index contributed by atoms with van der Waals surface area (Å²) in [5, 5.41) is 31.4. The van der Waals surface area contributed by atoms with E-state index in [1.807, 2.05) is 13.0 Å². The lowest BCUT2D eigenvalue weighted by molar-refractivity contribution is -0.139. The molecule has 250 valence electrons. The van der Waals surface area contributed by atoms with E-state index < -0.39 is 12.2 Å². The molecule has 0 spiro atoms. The van der Waals surface area contributed by atoms with Crippen molar-refractivity contribution >= 4 is 5.97 Å². The van der Waals surface area contributed by atoms with Crippen LogP contribution in [0.4, 0.5) is 0 Å². The Labute approximate surface area is 263 Å². The van der Waals surface area contributed by atoms with Crippen molar-refractivity contribution in [3.63, 3.8) is 0 Å². The van der Waals surface area contributed by atoms with Gasteiger partial charge in [-0.15, -0.1) is 0 Å². The Hall–Kier alpha value is -1.21. The van der Waals surface area contributed by atoms with Gasteiger partial charge >= 0.3 is 5.97 Å². The molecule has 0 amide bonds. The third kappa shape index (κ3) is 17.8. The number of carbonyl (C=O) groups excluding carboxylic acids is 1. The number of hydrogen-bond acceptors (Lipinski definition) is 6. The second-order valence-electron chi connectivity index (χ2n) is 13.3. The van der Waals surface area contributed by atoms with Crippen LogP contribution in [0.3, 0.4) is 0 Å². The van der Waals surface area contributed by atoms with Gasteiger partial charge in [-0.25, -0.2) is 4.79 Å². The topological polar surface area (TPSA) is 96.2 Å². The van der Waals surface area contributed by atoms with Crippen LogP contribution in [0.1, 0.15) is 168 Å². The molecule has 6 nitrogen and oxygen atoms in total. The van der Waals surface area contributed by atoms with Gasteiger partial charge in [-0.1, -0.05) is 109 Å². The number of hydrogen-bond donors (Lipinski definition) is 3. The Morgan fingerprint density at radius 3 is 1.86 bits per heavy atom. The van der Waals surface area contributed by atoms with Crippen molar-refractivity contribution in [1.82, 2.24) is 0 Å². The van der Waals surface area contributed by atoms with E-state index in [4.69, 9.17) is 9.47 Å². The van der Waals surface area contributed by atoms with Gasteiger partial charge in [0.15, 0.2) is 0 Å². The summed E-state index contributed by atoms with van der Waals surface area (Å²) in [4.78, 5) is 11.6. The second-order valence-corrected chi connectivity index (χ2v) is 13.3. The molecular weight excluding hydrogens is 540 g/mol. The molecule has 43 heavy (non-hydrogen) atoms. The summed E-state index contributed by atoms with van der Waals surface area (Å²) in [7, 11) is 0. The number of allylic oxidation sites excluding steroid dienone is 2. The van der Waals surface area contributed by atoms with Gasteiger partial charge in [-0.3, -0.25) is 0 Å². The van der Waals surface area contributed by atoms with E-state index in [0.29, 0.717) is 18.4 Å². The van der Waals surface area contributed by atoms with Crippen molar-refractivity contribution in [3.8, 4) is 0 Å². The molecular formula is C37H66O6. The summed E-state index contributed by atoms with van der Waals surface area (Å²) in [5.41, 5.74) is 0.705. The first-order valence-corrected chi connectivity index (χ1v) is 18.2. The quantitative estimate of drug-likeness (QED) is 0.0492. The molecule has 2 rings (SSSR count). The molecule has 0 aromatic carbocycles. The SMILES string of the molecule is CCCCCCCCCCC=CCCC(O)C1CCC(C(O)CCCCCCCCCC(O)CCC2=CC(C)OC2=O)O1. The molecule has 2 aliphatic heterocycles. The lowest BCUT2D eigenvalue weighted by Crippen LogP contribution is -2.30. The van der Waals surface area contributed by atoms with Gasteiger partial charge in [0, 0.05) is 5.57 Å². The Morgan fingerprint density at radius 1 is 0.721 bits per heavy atom. The maximum absolute atomic E-state index is 11.6. The summed E-state index contributed by atoms with van der Waals surface area (Å²) in [6.45, 7) is 4.12. The average Bonchev–Trinajstić information content (AvgIpc) is 3.61. The fraction of sp³-hybridized carbons (Fsp3) is 0.865. The summed E-state index contributed by atoms with van der Waals surface area (Å²) >= 11 is 0. The largest absolute Gasteiger partial charge is 0.455 e. The van der Waals surface area contributed by atoms with Gasteiger partial charge in [0.1, 0.15) is 6.10 Å². The number of cyclic esters (lactones) is 1. The molecule has 0 saturated carbocycles. The highest BCUT2D eigenvalue weighted by atomic mass is 16.5. The monoisotopic (exact) mass is 606 g/mol. The number of aliphatic hydroxyl groups is 3. The van der Waals surface area contributed by atoms with Crippen LogP contribution in [0.25, 0.3) is 0 Å². The molecule has 1 fully saturated rings. The molecule has 6 atom stereocenters. The van der Waals surface area contributed by atoms with Crippen molar-refractivity contribution in [3.05, 3.63) is 23.8 Å². The van der Waals surface area contributed by atoms with Crippen LogP contribution in [0, 0.1) is 0 Å². The Kier molecular flexibility index (Phi) is 21.3. The molecule has 6 heteroatoms. The number of esters is 1. The van der Waals surface area contributed by atoms with Gasteiger partial charge in [-0.2, -0.15) is 0 Å². The van der Waals surface area contributed by atoms with E-state index in [9.17, 15) is 20.1 Å². The minimum atomic E-state index is -0.446. The molecule has 0 radical (unpaired) electrons. The lowest BCUT2D eigenvalue weighted by atomic mass is 10.00. The first-order chi connectivity index (χ1) is 20.9. The minimum absolute atomic E-state index is 0.136.